The van der Waals surface area contributed by atoms with Crippen molar-refractivity contribution in [1.29, 1.82) is 0 Å². The molecule has 1 amide bonds. The van der Waals surface area contributed by atoms with Crippen LogP contribution >= 0.6 is 34.5 Å². The number of anilines is 1. The number of pyridine rings is 1. The zero-order chi connectivity index (χ0) is 25.6. The van der Waals surface area contributed by atoms with Crippen LogP contribution in [0, 0.1) is 6.92 Å². The molecule has 4 aromatic rings. The smallest absolute Gasteiger partial charge is 0.265 e. The molecule has 0 saturated carbocycles. The van der Waals surface area contributed by atoms with Gasteiger partial charge in [-0.3, -0.25) is 4.79 Å². The highest BCUT2D eigenvalue weighted by molar-refractivity contribution is 7.90. The molecular formula is C25H20Cl2N2O5S2. The lowest BCUT2D eigenvalue weighted by Crippen LogP contribution is -2.20. The topological polar surface area (TPSA) is 94.6 Å². The molecule has 186 valence electrons. The van der Waals surface area contributed by atoms with E-state index in [4.69, 9.17) is 32.7 Å². The van der Waals surface area contributed by atoms with Gasteiger partial charge in [0.15, 0.2) is 9.84 Å². The molecule has 1 N–H and O–H groups in total. The molecule has 0 saturated heterocycles. The van der Waals surface area contributed by atoms with E-state index in [1.807, 2.05) is 13.0 Å². The molecule has 1 aliphatic rings. The highest BCUT2D eigenvalue weighted by Gasteiger charge is 2.30. The van der Waals surface area contributed by atoms with Crippen LogP contribution in [0.15, 0.2) is 48.5 Å². The highest BCUT2D eigenvalue weighted by Crippen LogP contribution is 2.41. The van der Waals surface area contributed by atoms with Gasteiger partial charge in [0.25, 0.3) is 5.91 Å². The summed E-state index contributed by atoms with van der Waals surface area (Å²) >= 11 is 13.6. The number of amides is 1. The lowest BCUT2D eigenvalue weighted by Gasteiger charge is -2.24. The van der Waals surface area contributed by atoms with Gasteiger partial charge < -0.3 is 14.8 Å². The van der Waals surface area contributed by atoms with Gasteiger partial charge >= 0.3 is 0 Å². The van der Waals surface area contributed by atoms with Crippen LogP contribution in [0.25, 0.3) is 10.1 Å². The van der Waals surface area contributed by atoms with Crippen molar-refractivity contribution in [3.8, 4) is 17.4 Å². The summed E-state index contributed by atoms with van der Waals surface area (Å²) in [7, 11) is -3.29. The number of hydrogen-bond donors (Lipinski definition) is 1. The minimum Gasteiger partial charge on any atom is -0.493 e. The van der Waals surface area contributed by atoms with E-state index < -0.39 is 15.1 Å². The van der Waals surface area contributed by atoms with Gasteiger partial charge in [0.05, 0.1) is 16.7 Å². The Labute approximate surface area is 221 Å². The molecule has 3 heterocycles. The van der Waals surface area contributed by atoms with E-state index in [0.717, 1.165) is 15.6 Å². The first-order chi connectivity index (χ1) is 17.1. The maximum atomic E-state index is 13.0. The molecule has 1 atom stereocenters. The van der Waals surface area contributed by atoms with Crippen LogP contribution in [-0.4, -0.2) is 32.2 Å². The number of thiophene rings is 1. The molecule has 0 bridgehead atoms. The van der Waals surface area contributed by atoms with Gasteiger partial charge in [0.2, 0.25) is 5.88 Å². The van der Waals surface area contributed by atoms with E-state index in [-0.39, 0.29) is 16.9 Å². The first kappa shape index (κ1) is 24.8. The standard InChI is InChI=1S/C25H20Cl2N2O5S2/c1-13-3-4-16(11-18(13)26)34-24-10-15(9-23(27)29-24)28-25(30)21-8-14-7-17-19(12-20(14)35-21)33-6-5-22(17)36(2,31)32/h3-4,7-12,22H,5-6H2,1-2H3,(H,28,29,30). The summed E-state index contributed by atoms with van der Waals surface area (Å²) in [5.74, 6) is 0.879. The van der Waals surface area contributed by atoms with Crippen LogP contribution < -0.4 is 14.8 Å². The summed E-state index contributed by atoms with van der Waals surface area (Å²) in [5.41, 5.74) is 1.95. The summed E-state index contributed by atoms with van der Waals surface area (Å²) in [6.07, 6.45) is 1.63. The molecule has 11 heteroatoms. The van der Waals surface area contributed by atoms with E-state index in [1.165, 1.54) is 23.7 Å². The van der Waals surface area contributed by atoms with Gasteiger partial charge in [-0.1, -0.05) is 29.3 Å². The molecular weight excluding hydrogens is 543 g/mol. The molecule has 2 aromatic carbocycles. The van der Waals surface area contributed by atoms with Crippen molar-refractivity contribution in [1.82, 2.24) is 4.98 Å². The number of aromatic nitrogens is 1. The van der Waals surface area contributed by atoms with Gasteiger partial charge in [0.1, 0.15) is 16.7 Å². The molecule has 1 aliphatic heterocycles. The third-order valence-electron chi connectivity index (χ3n) is 5.77. The molecule has 0 spiro atoms. The SMILES string of the molecule is Cc1ccc(Oc2cc(NC(=O)c3cc4cc5c(cc4s3)OCCC5S(C)(=O)=O)cc(Cl)n2)cc1Cl. The molecule has 0 aliphatic carbocycles. The first-order valence-electron chi connectivity index (χ1n) is 10.9. The number of halogens is 2. The van der Waals surface area contributed by atoms with Crippen LogP contribution in [0.2, 0.25) is 10.2 Å². The predicted molar refractivity (Wildman–Crippen MR) is 143 cm³/mol. The second kappa shape index (κ2) is 9.55. The molecule has 7 nitrogen and oxygen atoms in total. The number of fused-ring (bicyclic) bond motifs is 2. The van der Waals surface area contributed by atoms with Crippen molar-refractivity contribution in [2.24, 2.45) is 0 Å². The Kier molecular flexibility index (Phi) is 6.59. The van der Waals surface area contributed by atoms with Crippen molar-refractivity contribution in [3.05, 3.63) is 74.7 Å². The molecule has 5 rings (SSSR count). The number of carbonyl (C=O) groups is 1. The Hall–Kier alpha value is -2.85. The Bertz CT molecular complexity index is 1620. The van der Waals surface area contributed by atoms with E-state index in [9.17, 15) is 13.2 Å². The van der Waals surface area contributed by atoms with Crippen molar-refractivity contribution in [2.45, 2.75) is 18.6 Å². The average Bonchev–Trinajstić information content (AvgIpc) is 3.21. The number of nitrogens with one attached hydrogen (secondary N) is 1. The van der Waals surface area contributed by atoms with Crippen LogP contribution in [0.5, 0.6) is 17.4 Å². The van der Waals surface area contributed by atoms with E-state index in [1.54, 1.807) is 36.4 Å². The molecule has 1 unspecified atom stereocenters. The second-order valence-electron chi connectivity index (χ2n) is 8.48. The normalized spacial score (nSPS) is 15.3. The second-order valence-corrected chi connectivity index (χ2v) is 12.6. The van der Waals surface area contributed by atoms with Crippen LogP contribution in [0.4, 0.5) is 5.69 Å². The minimum atomic E-state index is -3.29. The number of aryl methyl sites for hydroxylation is 1. The van der Waals surface area contributed by atoms with E-state index in [2.05, 4.69) is 10.3 Å². The van der Waals surface area contributed by atoms with Crippen LogP contribution in [-0.2, 0) is 9.84 Å². The Balaban J connectivity index is 1.40. The summed E-state index contributed by atoms with van der Waals surface area (Å²) < 4.78 is 36.8. The van der Waals surface area contributed by atoms with Gasteiger partial charge in [-0.15, -0.1) is 11.3 Å². The number of rotatable bonds is 5. The van der Waals surface area contributed by atoms with Crippen molar-refractivity contribution in [2.75, 3.05) is 18.2 Å². The summed E-state index contributed by atoms with van der Waals surface area (Å²) in [5, 5.41) is 3.68. The van der Waals surface area contributed by atoms with Crippen molar-refractivity contribution < 1.29 is 22.7 Å². The van der Waals surface area contributed by atoms with Crippen molar-refractivity contribution in [3.63, 3.8) is 0 Å². The van der Waals surface area contributed by atoms with Gasteiger partial charge in [-0.05, 0) is 54.3 Å². The highest BCUT2D eigenvalue weighted by atomic mass is 35.5. The monoisotopic (exact) mass is 562 g/mol. The number of sulfone groups is 1. The Morgan fingerprint density at radius 2 is 1.97 bits per heavy atom. The quantitative estimate of drug-likeness (QED) is 0.268. The largest absolute Gasteiger partial charge is 0.493 e. The third-order valence-corrected chi connectivity index (χ3v) is 8.99. The number of carbonyl (C=O) groups excluding carboxylic acids is 1. The van der Waals surface area contributed by atoms with Crippen LogP contribution in [0.1, 0.15) is 32.5 Å². The fourth-order valence-electron chi connectivity index (χ4n) is 4.00. The fraction of sp³-hybridized carbons (Fsp3) is 0.200. The van der Waals surface area contributed by atoms with E-state index >= 15 is 0 Å². The zero-order valence-electron chi connectivity index (χ0n) is 19.2. The van der Waals surface area contributed by atoms with Gasteiger partial charge in [-0.25, -0.2) is 13.4 Å². The number of nitrogens with zero attached hydrogens (tertiary/aromatic N) is 1. The minimum absolute atomic E-state index is 0.147. The van der Waals surface area contributed by atoms with Gasteiger partial charge in [0, 0.05) is 39.7 Å². The zero-order valence-corrected chi connectivity index (χ0v) is 22.3. The molecule has 2 aromatic heterocycles. The van der Waals surface area contributed by atoms with Gasteiger partial charge in [-0.2, -0.15) is 0 Å². The predicted octanol–water partition coefficient (Wildman–Crippen LogP) is 6.82. The molecule has 0 fully saturated rings. The Morgan fingerprint density at radius 3 is 2.72 bits per heavy atom. The number of hydrogen-bond acceptors (Lipinski definition) is 7. The van der Waals surface area contributed by atoms with E-state index in [0.29, 0.717) is 45.7 Å². The van der Waals surface area contributed by atoms with Crippen molar-refractivity contribution >= 4 is 66.1 Å². The third kappa shape index (κ3) is 5.15. The lowest BCUT2D eigenvalue weighted by molar-refractivity contribution is 0.103. The summed E-state index contributed by atoms with van der Waals surface area (Å²) in [6.45, 7) is 2.22. The Morgan fingerprint density at radius 1 is 1.17 bits per heavy atom. The fourth-order valence-corrected chi connectivity index (χ4v) is 6.51. The maximum Gasteiger partial charge on any atom is 0.265 e. The average molecular weight is 563 g/mol. The maximum absolute atomic E-state index is 13.0. The first-order valence-corrected chi connectivity index (χ1v) is 14.4. The van der Waals surface area contributed by atoms with Crippen LogP contribution in [0.3, 0.4) is 0 Å². The number of benzene rings is 2. The molecule has 0 radical (unpaired) electrons. The summed E-state index contributed by atoms with van der Waals surface area (Å²) in [6, 6.07) is 13.7. The molecule has 36 heavy (non-hydrogen) atoms. The summed E-state index contributed by atoms with van der Waals surface area (Å²) in [4.78, 5) is 17.6. The lowest BCUT2D eigenvalue weighted by atomic mass is 10.0. The number of ether oxygens (including phenoxy) is 2.